The van der Waals surface area contributed by atoms with E-state index in [2.05, 4.69) is 4.98 Å². The molecule has 0 saturated heterocycles. The van der Waals surface area contributed by atoms with Gasteiger partial charge >= 0.3 is 0 Å². The van der Waals surface area contributed by atoms with Crippen molar-refractivity contribution in [2.24, 2.45) is 5.73 Å². The summed E-state index contributed by atoms with van der Waals surface area (Å²) < 4.78 is 0. The van der Waals surface area contributed by atoms with Crippen molar-refractivity contribution in [3.63, 3.8) is 0 Å². The summed E-state index contributed by atoms with van der Waals surface area (Å²) >= 11 is 0. The van der Waals surface area contributed by atoms with Crippen LogP contribution in [0.1, 0.15) is 17.2 Å². The van der Waals surface area contributed by atoms with Crippen molar-refractivity contribution in [3.8, 4) is 0 Å². The van der Waals surface area contributed by atoms with Gasteiger partial charge in [-0.2, -0.15) is 0 Å². The van der Waals surface area contributed by atoms with Crippen molar-refractivity contribution in [2.75, 3.05) is 13.2 Å². The van der Waals surface area contributed by atoms with Gasteiger partial charge in [0.2, 0.25) is 0 Å². The molecule has 0 radical (unpaired) electrons. The Kier molecular flexibility index (Phi) is 3.19. The van der Waals surface area contributed by atoms with Crippen LogP contribution in [-0.2, 0) is 0 Å². The molecule has 3 nitrogen and oxygen atoms in total. The third kappa shape index (κ3) is 2.03. The van der Waals surface area contributed by atoms with E-state index in [0.29, 0.717) is 6.54 Å². The number of nitrogens with two attached hydrogens (primary N) is 1. The van der Waals surface area contributed by atoms with Gasteiger partial charge in [0.1, 0.15) is 0 Å². The van der Waals surface area contributed by atoms with Crippen molar-refractivity contribution in [2.45, 2.75) is 12.8 Å². The van der Waals surface area contributed by atoms with Gasteiger partial charge < -0.3 is 10.8 Å². The fraction of sp³-hybridized carbons (Fsp3) is 0.444. The second kappa shape index (κ2) is 4.18. The smallest absolute Gasteiger partial charge is 0.0512 e. The van der Waals surface area contributed by atoms with Crippen LogP contribution >= 0.6 is 0 Å². The van der Waals surface area contributed by atoms with Gasteiger partial charge in [0.25, 0.3) is 0 Å². The molecule has 0 aliphatic heterocycles. The maximum Gasteiger partial charge on any atom is 0.0512 e. The Balaban J connectivity index is 2.80. The SMILES string of the molecule is Cc1ccc(C(CN)CO)cn1. The van der Waals surface area contributed by atoms with Gasteiger partial charge in [0.15, 0.2) is 0 Å². The molecule has 0 aromatic carbocycles. The third-order valence-electron chi connectivity index (χ3n) is 1.91. The second-order valence-corrected chi connectivity index (χ2v) is 2.85. The highest BCUT2D eigenvalue weighted by atomic mass is 16.3. The molecule has 0 aliphatic carbocycles. The average Bonchev–Trinajstić information content (AvgIpc) is 2.10. The van der Waals surface area contributed by atoms with E-state index < -0.39 is 0 Å². The molecule has 1 rings (SSSR count). The summed E-state index contributed by atoms with van der Waals surface area (Å²) in [4.78, 5) is 4.13. The Labute approximate surface area is 72.2 Å². The molecular formula is C9H14N2O. The van der Waals surface area contributed by atoms with E-state index in [1.54, 1.807) is 6.20 Å². The molecule has 0 fully saturated rings. The van der Waals surface area contributed by atoms with E-state index in [4.69, 9.17) is 10.8 Å². The minimum absolute atomic E-state index is 0.0260. The summed E-state index contributed by atoms with van der Waals surface area (Å²) in [6.07, 6.45) is 1.77. The predicted octanol–water partition coefficient (Wildman–Crippen LogP) is 0.425. The number of hydrogen-bond acceptors (Lipinski definition) is 3. The zero-order valence-electron chi connectivity index (χ0n) is 7.20. The molecule has 1 heterocycles. The highest BCUT2D eigenvalue weighted by Crippen LogP contribution is 2.12. The molecule has 66 valence electrons. The fourth-order valence-corrected chi connectivity index (χ4v) is 1.04. The van der Waals surface area contributed by atoms with Crippen molar-refractivity contribution in [1.82, 2.24) is 4.98 Å². The van der Waals surface area contributed by atoms with Gasteiger partial charge in [0.05, 0.1) is 6.61 Å². The Morgan fingerprint density at radius 3 is 2.75 bits per heavy atom. The first-order valence-electron chi connectivity index (χ1n) is 4.01. The molecule has 3 N–H and O–H groups in total. The maximum atomic E-state index is 8.94. The minimum Gasteiger partial charge on any atom is -0.396 e. The van der Waals surface area contributed by atoms with Crippen molar-refractivity contribution in [3.05, 3.63) is 29.6 Å². The van der Waals surface area contributed by atoms with Crippen LogP contribution in [0.4, 0.5) is 0 Å². The molecule has 1 aromatic rings. The van der Waals surface area contributed by atoms with Crippen LogP contribution in [0.3, 0.4) is 0 Å². The van der Waals surface area contributed by atoms with Gasteiger partial charge in [-0.05, 0) is 18.6 Å². The average molecular weight is 166 g/mol. The highest BCUT2D eigenvalue weighted by molar-refractivity contribution is 5.18. The number of aromatic nitrogens is 1. The largest absolute Gasteiger partial charge is 0.396 e. The number of hydrogen-bond donors (Lipinski definition) is 2. The van der Waals surface area contributed by atoms with Crippen LogP contribution in [0.5, 0.6) is 0 Å². The van der Waals surface area contributed by atoms with Crippen LogP contribution in [0.25, 0.3) is 0 Å². The lowest BCUT2D eigenvalue weighted by atomic mass is 10.0. The Morgan fingerprint density at radius 2 is 2.33 bits per heavy atom. The third-order valence-corrected chi connectivity index (χ3v) is 1.91. The van der Waals surface area contributed by atoms with Crippen LogP contribution in [0.2, 0.25) is 0 Å². The predicted molar refractivity (Wildman–Crippen MR) is 47.9 cm³/mol. The summed E-state index contributed by atoms with van der Waals surface area (Å²) in [6.45, 7) is 2.47. The number of pyridine rings is 1. The molecule has 0 amide bonds. The van der Waals surface area contributed by atoms with Crippen LogP contribution in [-0.4, -0.2) is 23.2 Å². The summed E-state index contributed by atoms with van der Waals surface area (Å²) in [7, 11) is 0. The van der Waals surface area contributed by atoms with E-state index >= 15 is 0 Å². The molecule has 0 aliphatic rings. The van der Waals surface area contributed by atoms with Crippen LogP contribution in [0, 0.1) is 6.92 Å². The molecule has 12 heavy (non-hydrogen) atoms. The van der Waals surface area contributed by atoms with Gasteiger partial charge in [0, 0.05) is 24.4 Å². The normalized spacial score (nSPS) is 12.9. The lowest BCUT2D eigenvalue weighted by Gasteiger charge is -2.10. The van der Waals surface area contributed by atoms with Crippen LogP contribution < -0.4 is 5.73 Å². The summed E-state index contributed by atoms with van der Waals surface area (Å²) in [5.41, 5.74) is 7.45. The number of aliphatic hydroxyl groups is 1. The van der Waals surface area contributed by atoms with E-state index in [1.165, 1.54) is 0 Å². The lowest BCUT2D eigenvalue weighted by Crippen LogP contribution is -2.16. The first-order valence-corrected chi connectivity index (χ1v) is 4.01. The molecule has 1 aromatic heterocycles. The second-order valence-electron chi connectivity index (χ2n) is 2.85. The van der Waals surface area contributed by atoms with Gasteiger partial charge in [-0.1, -0.05) is 6.07 Å². The first-order chi connectivity index (χ1) is 5.77. The summed E-state index contributed by atoms with van der Waals surface area (Å²) in [5, 5.41) is 8.94. The monoisotopic (exact) mass is 166 g/mol. The Bertz CT molecular complexity index is 229. The number of aryl methyl sites for hydroxylation is 1. The van der Waals surface area contributed by atoms with Gasteiger partial charge in [-0.25, -0.2) is 0 Å². The van der Waals surface area contributed by atoms with Crippen molar-refractivity contribution in [1.29, 1.82) is 0 Å². The number of rotatable bonds is 3. The van der Waals surface area contributed by atoms with E-state index in [0.717, 1.165) is 11.3 Å². The fourth-order valence-electron chi connectivity index (χ4n) is 1.04. The van der Waals surface area contributed by atoms with Crippen LogP contribution in [0.15, 0.2) is 18.3 Å². The topological polar surface area (TPSA) is 59.1 Å². The molecule has 0 bridgehead atoms. The maximum absolute atomic E-state index is 8.94. The summed E-state index contributed by atoms with van der Waals surface area (Å²) in [5.74, 6) is 0.0260. The van der Waals surface area contributed by atoms with E-state index in [-0.39, 0.29) is 12.5 Å². The zero-order chi connectivity index (χ0) is 8.97. The minimum atomic E-state index is 0.0260. The molecule has 0 saturated carbocycles. The summed E-state index contributed by atoms with van der Waals surface area (Å²) in [6, 6.07) is 3.88. The molecule has 0 spiro atoms. The van der Waals surface area contributed by atoms with Crippen molar-refractivity contribution < 1.29 is 5.11 Å². The number of nitrogens with zero attached hydrogens (tertiary/aromatic N) is 1. The Morgan fingerprint density at radius 1 is 1.58 bits per heavy atom. The van der Waals surface area contributed by atoms with Crippen molar-refractivity contribution >= 4 is 0 Å². The lowest BCUT2D eigenvalue weighted by molar-refractivity contribution is 0.267. The van der Waals surface area contributed by atoms with Gasteiger partial charge in [-0.3, -0.25) is 4.98 Å². The Hall–Kier alpha value is -0.930. The molecular weight excluding hydrogens is 152 g/mol. The van der Waals surface area contributed by atoms with Gasteiger partial charge in [-0.15, -0.1) is 0 Å². The number of aliphatic hydroxyl groups excluding tert-OH is 1. The molecule has 1 unspecified atom stereocenters. The quantitative estimate of drug-likeness (QED) is 0.684. The zero-order valence-corrected chi connectivity index (χ0v) is 7.20. The standard InChI is InChI=1S/C9H14N2O/c1-7-2-3-8(5-11-7)9(4-10)6-12/h2-3,5,9,12H,4,6,10H2,1H3. The van der Waals surface area contributed by atoms with E-state index in [9.17, 15) is 0 Å². The van der Waals surface area contributed by atoms with E-state index in [1.807, 2.05) is 19.1 Å². The molecule has 1 atom stereocenters. The first kappa shape index (κ1) is 9.16. The highest BCUT2D eigenvalue weighted by Gasteiger charge is 2.07. The molecule has 3 heteroatoms.